The van der Waals surface area contributed by atoms with Gasteiger partial charge in [-0.1, -0.05) is 20.8 Å². The molecule has 1 aromatic carbocycles. The zero-order valence-corrected chi connectivity index (χ0v) is 14.6. The molecule has 0 radical (unpaired) electrons. The summed E-state index contributed by atoms with van der Waals surface area (Å²) >= 11 is 3.19. The lowest BCUT2D eigenvalue weighted by atomic mass is 9.93. The molecular weight excluding hydrogens is 368 g/mol. The fourth-order valence-corrected chi connectivity index (χ4v) is 2.53. The maximum Gasteiger partial charge on any atom is 0.339 e. The minimum absolute atomic E-state index is 0.0544. The smallest absolute Gasteiger partial charge is 0.339 e. The molecule has 0 saturated heterocycles. The van der Waals surface area contributed by atoms with E-state index in [0.717, 1.165) is 0 Å². The van der Waals surface area contributed by atoms with Crippen molar-refractivity contribution >= 4 is 41.6 Å². The van der Waals surface area contributed by atoms with Crippen LogP contribution in [0.1, 0.15) is 37.6 Å². The third-order valence-corrected chi connectivity index (χ3v) is 4.57. The quantitative estimate of drug-likeness (QED) is 0.583. The Bertz CT molecular complexity index is 605. The molecule has 0 aliphatic carbocycles. The van der Waals surface area contributed by atoms with Gasteiger partial charge in [-0.15, -0.1) is 0 Å². The number of hydrogen-bond donors (Lipinski definition) is 0. The highest BCUT2D eigenvalue weighted by Crippen LogP contribution is 2.24. The van der Waals surface area contributed by atoms with Gasteiger partial charge in [-0.3, -0.25) is 0 Å². The lowest BCUT2D eigenvalue weighted by molar-refractivity contribution is 0.0463. The van der Waals surface area contributed by atoms with Gasteiger partial charge < -0.3 is 4.74 Å². The van der Waals surface area contributed by atoms with E-state index in [1.54, 1.807) is 0 Å². The van der Waals surface area contributed by atoms with Gasteiger partial charge in [-0.25, -0.2) is 13.2 Å². The Kier molecular flexibility index (Phi) is 5.63. The predicted molar refractivity (Wildman–Crippen MR) is 81.5 cm³/mol. The van der Waals surface area contributed by atoms with Crippen molar-refractivity contribution in [2.75, 3.05) is 6.61 Å². The number of benzene rings is 1. The number of hydrogen-bond acceptors (Lipinski definition) is 4. The van der Waals surface area contributed by atoms with E-state index in [1.807, 2.05) is 20.8 Å². The Morgan fingerprint density at radius 2 is 1.95 bits per heavy atom. The largest absolute Gasteiger partial charge is 0.462 e. The summed E-state index contributed by atoms with van der Waals surface area (Å²) in [5.74, 6) is -0.580. The van der Waals surface area contributed by atoms with Crippen LogP contribution in [-0.2, 0) is 13.8 Å². The summed E-state index contributed by atoms with van der Waals surface area (Å²) in [6, 6.07) is 3.97. The van der Waals surface area contributed by atoms with Gasteiger partial charge in [0.25, 0.3) is 9.05 Å². The zero-order chi connectivity index (χ0) is 15.6. The highest BCUT2D eigenvalue weighted by molar-refractivity contribution is 9.10. The van der Waals surface area contributed by atoms with E-state index in [-0.39, 0.29) is 22.5 Å². The molecule has 1 rings (SSSR count). The van der Waals surface area contributed by atoms with Crippen LogP contribution in [0.15, 0.2) is 27.6 Å². The van der Waals surface area contributed by atoms with Crippen LogP contribution < -0.4 is 0 Å². The van der Waals surface area contributed by atoms with E-state index in [1.165, 1.54) is 18.2 Å². The molecule has 112 valence electrons. The van der Waals surface area contributed by atoms with Gasteiger partial charge in [-0.05, 0) is 46.0 Å². The Morgan fingerprint density at radius 1 is 1.35 bits per heavy atom. The average Bonchev–Trinajstić information content (AvgIpc) is 2.25. The predicted octanol–water partition coefficient (Wildman–Crippen LogP) is 3.97. The van der Waals surface area contributed by atoms with Crippen molar-refractivity contribution in [1.29, 1.82) is 0 Å². The monoisotopic (exact) mass is 382 g/mol. The maximum absolute atomic E-state index is 11.9. The standard InChI is InChI=1S/C13H16BrClO4S/c1-13(2,3)6-7-19-12(16)10-8-9(20(15,17)18)4-5-11(10)14/h4-5,8H,6-7H2,1-3H3. The first-order chi connectivity index (χ1) is 9.00. The van der Waals surface area contributed by atoms with Crippen LogP contribution in [0.25, 0.3) is 0 Å². The Hall–Kier alpha value is -0.590. The molecule has 20 heavy (non-hydrogen) atoms. The normalized spacial score (nSPS) is 12.2. The summed E-state index contributed by atoms with van der Waals surface area (Å²) in [6.07, 6.45) is 0.712. The van der Waals surface area contributed by atoms with E-state index in [2.05, 4.69) is 15.9 Å². The lowest BCUT2D eigenvalue weighted by Gasteiger charge is -2.17. The summed E-state index contributed by atoms with van der Waals surface area (Å²) < 4.78 is 28.1. The Morgan fingerprint density at radius 3 is 2.45 bits per heavy atom. The van der Waals surface area contributed by atoms with Gasteiger partial charge in [0.15, 0.2) is 0 Å². The third-order valence-electron chi connectivity index (χ3n) is 2.52. The van der Waals surface area contributed by atoms with Crippen molar-refractivity contribution in [3.8, 4) is 0 Å². The van der Waals surface area contributed by atoms with Gasteiger partial charge in [0.05, 0.1) is 17.1 Å². The lowest BCUT2D eigenvalue weighted by Crippen LogP contribution is -2.14. The summed E-state index contributed by atoms with van der Waals surface area (Å²) in [7, 11) is 1.38. The first-order valence-electron chi connectivity index (χ1n) is 5.92. The molecule has 0 aliphatic heterocycles. The molecule has 0 amide bonds. The van der Waals surface area contributed by atoms with E-state index < -0.39 is 15.0 Å². The molecule has 0 aromatic heterocycles. The van der Waals surface area contributed by atoms with Gasteiger partial charge in [0.1, 0.15) is 0 Å². The molecule has 0 unspecified atom stereocenters. The maximum atomic E-state index is 11.9. The number of carbonyl (C=O) groups is 1. The van der Waals surface area contributed by atoms with Crippen LogP contribution in [-0.4, -0.2) is 21.0 Å². The SMILES string of the molecule is CC(C)(C)CCOC(=O)c1cc(S(=O)(=O)Cl)ccc1Br. The molecule has 0 aliphatic rings. The molecule has 0 saturated carbocycles. The first-order valence-corrected chi connectivity index (χ1v) is 9.02. The minimum Gasteiger partial charge on any atom is -0.462 e. The molecule has 0 atom stereocenters. The van der Waals surface area contributed by atoms with Crippen molar-refractivity contribution in [3.63, 3.8) is 0 Å². The second-order valence-corrected chi connectivity index (χ2v) is 8.95. The van der Waals surface area contributed by atoms with Crippen LogP contribution in [0.3, 0.4) is 0 Å². The third kappa shape index (κ3) is 5.42. The molecule has 4 nitrogen and oxygen atoms in total. The Labute approximate surface area is 132 Å². The number of carbonyl (C=O) groups excluding carboxylic acids is 1. The average molecular weight is 384 g/mol. The minimum atomic E-state index is -3.88. The first kappa shape index (κ1) is 17.5. The summed E-state index contributed by atoms with van der Waals surface area (Å²) in [5.41, 5.74) is 0.194. The molecule has 7 heteroatoms. The van der Waals surface area contributed by atoms with Gasteiger partial charge in [0, 0.05) is 15.2 Å². The van der Waals surface area contributed by atoms with Crippen molar-refractivity contribution in [2.24, 2.45) is 5.41 Å². The molecule has 0 N–H and O–H groups in total. The number of ether oxygens (including phenoxy) is 1. The van der Waals surface area contributed by atoms with Crippen LogP contribution in [0.4, 0.5) is 0 Å². The number of rotatable bonds is 4. The van der Waals surface area contributed by atoms with Crippen molar-refractivity contribution in [3.05, 3.63) is 28.2 Å². The number of halogens is 2. The second kappa shape index (κ2) is 6.45. The summed E-state index contributed by atoms with van der Waals surface area (Å²) in [6.45, 7) is 6.39. The van der Waals surface area contributed by atoms with Crippen molar-refractivity contribution in [1.82, 2.24) is 0 Å². The van der Waals surface area contributed by atoms with Crippen molar-refractivity contribution < 1.29 is 17.9 Å². The van der Waals surface area contributed by atoms with E-state index in [9.17, 15) is 13.2 Å². The van der Waals surface area contributed by atoms with E-state index >= 15 is 0 Å². The molecule has 0 bridgehead atoms. The van der Waals surface area contributed by atoms with E-state index in [4.69, 9.17) is 15.4 Å². The highest BCUT2D eigenvalue weighted by atomic mass is 79.9. The van der Waals surface area contributed by atoms with Crippen LogP contribution in [0, 0.1) is 5.41 Å². The molecule has 1 aromatic rings. The van der Waals surface area contributed by atoms with Gasteiger partial charge in [0.2, 0.25) is 0 Å². The molecule has 0 spiro atoms. The highest BCUT2D eigenvalue weighted by Gasteiger charge is 2.18. The van der Waals surface area contributed by atoms with Gasteiger partial charge >= 0.3 is 5.97 Å². The fraction of sp³-hybridized carbons (Fsp3) is 0.462. The molecule has 0 heterocycles. The summed E-state index contributed by atoms with van der Waals surface area (Å²) in [5, 5.41) is 0. The topological polar surface area (TPSA) is 60.4 Å². The van der Waals surface area contributed by atoms with Gasteiger partial charge in [-0.2, -0.15) is 0 Å². The molecular formula is C13H16BrClO4S. The van der Waals surface area contributed by atoms with Crippen molar-refractivity contribution in [2.45, 2.75) is 32.1 Å². The fourth-order valence-electron chi connectivity index (χ4n) is 1.34. The summed E-state index contributed by atoms with van der Waals surface area (Å²) in [4.78, 5) is 11.8. The molecule has 0 fully saturated rings. The van der Waals surface area contributed by atoms with Crippen LogP contribution in [0.5, 0.6) is 0 Å². The number of esters is 1. The van der Waals surface area contributed by atoms with Crippen LogP contribution >= 0.6 is 26.6 Å². The van der Waals surface area contributed by atoms with Crippen LogP contribution in [0.2, 0.25) is 0 Å². The zero-order valence-electron chi connectivity index (χ0n) is 11.4. The second-order valence-electron chi connectivity index (χ2n) is 5.53. The Balaban J connectivity index is 2.88. The van der Waals surface area contributed by atoms with E-state index in [0.29, 0.717) is 10.9 Å².